The average Bonchev–Trinajstić information content (AvgIpc) is 2.84. The number of hydrogen-bond donors (Lipinski definition) is 1. The van der Waals surface area contributed by atoms with Gasteiger partial charge in [-0.25, -0.2) is 8.42 Å². The van der Waals surface area contributed by atoms with E-state index in [1.165, 1.54) is 11.2 Å². The molecule has 4 rings (SSSR count). The maximum absolute atomic E-state index is 13.4. The van der Waals surface area contributed by atoms with Crippen molar-refractivity contribution >= 4 is 33.2 Å². The fourth-order valence-electron chi connectivity index (χ4n) is 4.63. The van der Waals surface area contributed by atoms with Crippen LogP contribution in [0.1, 0.15) is 38.7 Å². The number of piperidine rings is 1. The summed E-state index contributed by atoms with van der Waals surface area (Å²) < 4.78 is 33.7. The van der Waals surface area contributed by atoms with Gasteiger partial charge in [-0.3, -0.25) is 9.59 Å². The number of amides is 2. The predicted octanol–water partition coefficient (Wildman–Crippen LogP) is 3.42. The molecule has 0 radical (unpaired) electrons. The Bertz CT molecular complexity index is 1160. The first-order chi connectivity index (χ1) is 16.3. The summed E-state index contributed by atoms with van der Waals surface area (Å²) in [5, 5.41) is 2.90. The van der Waals surface area contributed by atoms with E-state index in [1.54, 1.807) is 47.4 Å². The summed E-state index contributed by atoms with van der Waals surface area (Å²) >= 11 is 0. The Morgan fingerprint density at radius 2 is 1.85 bits per heavy atom. The van der Waals surface area contributed by atoms with Gasteiger partial charge in [-0.1, -0.05) is 0 Å². The third kappa shape index (κ3) is 5.10. The van der Waals surface area contributed by atoms with Crippen molar-refractivity contribution in [3.8, 4) is 5.75 Å². The minimum atomic E-state index is -3.75. The number of sulfonamides is 1. The van der Waals surface area contributed by atoms with Crippen LogP contribution in [0.5, 0.6) is 5.75 Å². The van der Waals surface area contributed by atoms with Crippen LogP contribution in [0.15, 0.2) is 47.4 Å². The van der Waals surface area contributed by atoms with E-state index < -0.39 is 15.9 Å². The number of nitrogens with zero attached hydrogens (tertiary/aromatic N) is 2. The lowest BCUT2D eigenvalue weighted by Gasteiger charge is -2.32. The highest BCUT2D eigenvalue weighted by Crippen LogP contribution is 2.32. The van der Waals surface area contributed by atoms with Crippen molar-refractivity contribution in [2.75, 3.05) is 36.5 Å². The van der Waals surface area contributed by atoms with Crippen LogP contribution in [0, 0.1) is 5.92 Å². The Labute approximate surface area is 200 Å². The number of nitrogens with one attached hydrogen (secondary N) is 1. The molecule has 0 bridgehead atoms. The molecule has 34 heavy (non-hydrogen) atoms. The third-order valence-corrected chi connectivity index (χ3v) is 8.24. The van der Waals surface area contributed by atoms with E-state index in [2.05, 4.69) is 5.32 Å². The normalized spacial score (nSPS) is 18.8. The summed E-state index contributed by atoms with van der Waals surface area (Å²) in [6.45, 7) is 5.16. The molecular weight excluding hydrogens is 454 g/mol. The zero-order valence-electron chi connectivity index (χ0n) is 19.6. The summed E-state index contributed by atoms with van der Waals surface area (Å²) in [5.41, 5.74) is 2.30. The molecule has 0 aromatic heterocycles. The minimum absolute atomic E-state index is 0.0472. The van der Waals surface area contributed by atoms with Gasteiger partial charge in [0.15, 0.2) is 0 Å². The highest BCUT2D eigenvalue weighted by molar-refractivity contribution is 7.89. The van der Waals surface area contributed by atoms with Crippen LogP contribution in [0.25, 0.3) is 0 Å². The molecule has 0 unspecified atom stereocenters. The Kier molecular flexibility index (Phi) is 7.23. The van der Waals surface area contributed by atoms with E-state index >= 15 is 0 Å². The smallest absolute Gasteiger partial charge is 0.243 e. The fourth-order valence-corrected chi connectivity index (χ4v) is 6.21. The van der Waals surface area contributed by atoms with Crippen LogP contribution < -0.4 is 15.0 Å². The summed E-state index contributed by atoms with van der Waals surface area (Å²) in [4.78, 5) is 26.7. The van der Waals surface area contributed by atoms with E-state index in [1.807, 2.05) is 6.92 Å². The Balaban J connectivity index is 1.46. The van der Waals surface area contributed by atoms with Gasteiger partial charge in [-0.2, -0.15) is 4.31 Å². The van der Waals surface area contributed by atoms with E-state index in [-0.39, 0.29) is 23.3 Å². The maximum atomic E-state index is 13.4. The van der Waals surface area contributed by atoms with Gasteiger partial charge in [-0.05, 0) is 80.6 Å². The van der Waals surface area contributed by atoms with Gasteiger partial charge in [0.2, 0.25) is 21.8 Å². The summed E-state index contributed by atoms with van der Waals surface area (Å²) in [6, 6.07) is 12.1. The zero-order valence-corrected chi connectivity index (χ0v) is 20.4. The first-order valence-electron chi connectivity index (χ1n) is 11.7. The molecule has 2 aliphatic rings. The lowest BCUT2D eigenvalue weighted by atomic mass is 9.98. The number of fused-ring (bicyclic) bond motifs is 1. The molecule has 2 aromatic carbocycles. The molecule has 1 saturated heterocycles. The Hall–Kier alpha value is -2.91. The number of aryl methyl sites for hydroxylation is 1. The molecule has 2 aromatic rings. The van der Waals surface area contributed by atoms with Gasteiger partial charge >= 0.3 is 0 Å². The van der Waals surface area contributed by atoms with Gasteiger partial charge in [0.1, 0.15) is 5.75 Å². The second-order valence-corrected chi connectivity index (χ2v) is 10.7. The van der Waals surface area contributed by atoms with Crippen LogP contribution >= 0.6 is 0 Å². The molecule has 9 heteroatoms. The highest BCUT2D eigenvalue weighted by Gasteiger charge is 2.34. The predicted molar refractivity (Wildman–Crippen MR) is 131 cm³/mol. The lowest BCUT2D eigenvalue weighted by molar-refractivity contribution is -0.121. The van der Waals surface area contributed by atoms with Gasteiger partial charge in [0.25, 0.3) is 0 Å². The standard InChI is InChI=1S/C25H31N3O5S/c1-3-33-22-10-8-21(9-11-22)26-25(30)20-7-4-14-27(17-20)34(31,32)23-12-13-24-19(16-23)6-5-15-28(24)18(2)29/h8-13,16,20H,3-7,14-15,17H2,1-2H3,(H,26,30)/t20-/m1/s1. The first kappa shape index (κ1) is 24.2. The van der Waals surface area contributed by atoms with Gasteiger partial charge < -0.3 is 15.0 Å². The molecule has 1 fully saturated rings. The summed E-state index contributed by atoms with van der Waals surface area (Å²) in [5.74, 6) is 0.0633. The number of anilines is 2. The zero-order chi connectivity index (χ0) is 24.3. The second kappa shape index (κ2) is 10.1. The Morgan fingerprint density at radius 1 is 1.09 bits per heavy atom. The fraction of sp³-hybridized carbons (Fsp3) is 0.440. The van der Waals surface area contributed by atoms with Crippen LogP contribution in [-0.2, 0) is 26.0 Å². The van der Waals surface area contributed by atoms with Crippen molar-refractivity contribution < 1.29 is 22.7 Å². The van der Waals surface area contributed by atoms with Gasteiger partial charge in [0.05, 0.1) is 17.4 Å². The monoisotopic (exact) mass is 485 g/mol. The topological polar surface area (TPSA) is 96.0 Å². The van der Waals surface area contributed by atoms with Gasteiger partial charge in [0, 0.05) is 37.9 Å². The third-order valence-electron chi connectivity index (χ3n) is 6.38. The average molecular weight is 486 g/mol. The SMILES string of the molecule is CCOc1ccc(NC(=O)[C@@H]2CCCN(S(=O)(=O)c3ccc4c(c3)CCCN4C(C)=O)C2)cc1. The van der Waals surface area contributed by atoms with Crippen LogP contribution in [0.3, 0.4) is 0 Å². The van der Waals surface area contributed by atoms with Crippen molar-refractivity contribution in [2.45, 2.75) is 44.4 Å². The molecule has 1 N–H and O–H groups in total. The quantitative estimate of drug-likeness (QED) is 0.676. The molecule has 2 amide bonds. The van der Waals surface area contributed by atoms with Gasteiger partial charge in [-0.15, -0.1) is 0 Å². The number of ether oxygens (including phenoxy) is 1. The van der Waals surface area contributed by atoms with E-state index in [0.717, 1.165) is 29.8 Å². The second-order valence-electron chi connectivity index (χ2n) is 8.71. The number of carbonyl (C=O) groups excluding carboxylic acids is 2. The van der Waals surface area contributed by atoms with Crippen LogP contribution in [-0.4, -0.2) is 50.8 Å². The van der Waals surface area contributed by atoms with Crippen molar-refractivity contribution in [1.29, 1.82) is 0 Å². The van der Waals surface area contributed by atoms with Crippen molar-refractivity contribution in [3.05, 3.63) is 48.0 Å². The molecule has 0 saturated carbocycles. The molecule has 0 spiro atoms. The molecular formula is C25H31N3O5S. The number of hydrogen-bond acceptors (Lipinski definition) is 5. The lowest BCUT2D eigenvalue weighted by Crippen LogP contribution is -2.43. The number of rotatable bonds is 6. The maximum Gasteiger partial charge on any atom is 0.243 e. The summed E-state index contributed by atoms with van der Waals surface area (Å²) in [7, 11) is -3.75. The first-order valence-corrected chi connectivity index (χ1v) is 13.2. The summed E-state index contributed by atoms with van der Waals surface area (Å²) in [6.07, 6.45) is 2.78. The molecule has 1 atom stereocenters. The molecule has 2 aliphatic heterocycles. The van der Waals surface area contributed by atoms with Crippen molar-refractivity contribution in [3.63, 3.8) is 0 Å². The molecule has 2 heterocycles. The molecule has 182 valence electrons. The highest BCUT2D eigenvalue weighted by atomic mass is 32.2. The Morgan fingerprint density at radius 3 is 2.56 bits per heavy atom. The van der Waals surface area contributed by atoms with E-state index in [9.17, 15) is 18.0 Å². The minimum Gasteiger partial charge on any atom is -0.494 e. The molecule has 8 nitrogen and oxygen atoms in total. The van der Waals surface area contributed by atoms with E-state index in [4.69, 9.17) is 4.74 Å². The number of carbonyl (C=O) groups is 2. The number of benzene rings is 2. The largest absolute Gasteiger partial charge is 0.494 e. The molecule has 0 aliphatic carbocycles. The van der Waals surface area contributed by atoms with Crippen molar-refractivity contribution in [1.82, 2.24) is 4.31 Å². The van der Waals surface area contributed by atoms with Crippen molar-refractivity contribution in [2.24, 2.45) is 5.92 Å². The van der Waals surface area contributed by atoms with E-state index in [0.29, 0.717) is 38.2 Å². The van der Waals surface area contributed by atoms with Crippen LogP contribution in [0.4, 0.5) is 11.4 Å². The van der Waals surface area contributed by atoms with Crippen LogP contribution in [0.2, 0.25) is 0 Å².